The van der Waals surface area contributed by atoms with E-state index in [0.717, 1.165) is 50.1 Å². The molecule has 0 unspecified atom stereocenters. The van der Waals surface area contributed by atoms with E-state index < -0.39 is 0 Å². The molecule has 0 aliphatic rings. The third-order valence-corrected chi connectivity index (χ3v) is 6.49. The standard InChI is InChI=1S/C32H29NO3/c1-4-35-31-22(3)32-28(29(20-36-32)26-16-10-14-24-13-8-9-15-25(24)26)18-27(31)21(2)17-30(34)33-19-23-11-6-5-7-12-23/h5-18,20H,4,19H2,1-3H3,(H,33,34)/b21-17+. The average Bonchev–Trinajstić information content (AvgIpc) is 3.33. The first kappa shape index (κ1) is 23.4. The molecule has 0 bridgehead atoms. The first-order valence-electron chi connectivity index (χ1n) is 12.2. The molecule has 0 fully saturated rings. The lowest BCUT2D eigenvalue weighted by Crippen LogP contribution is -2.20. The summed E-state index contributed by atoms with van der Waals surface area (Å²) in [5, 5.41) is 6.33. The van der Waals surface area contributed by atoms with Gasteiger partial charge in [-0.2, -0.15) is 0 Å². The molecule has 1 aromatic heterocycles. The summed E-state index contributed by atoms with van der Waals surface area (Å²) in [6.07, 6.45) is 3.47. The number of hydrogen-bond acceptors (Lipinski definition) is 3. The second kappa shape index (κ2) is 10.1. The summed E-state index contributed by atoms with van der Waals surface area (Å²) in [6.45, 7) is 6.91. The summed E-state index contributed by atoms with van der Waals surface area (Å²) < 4.78 is 12.2. The van der Waals surface area contributed by atoms with Crippen molar-refractivity contribution >= 4 is 33.2 Å². The molecule has 5 rings (SSSR count). The second-order valence-electron chi connectivity index (χ2n) is 8.89. The Bertz CT molecular complexity index is 1570. The van der Waals surface area contributed by atoms with E-state index in [1.165, 1.54) is 10.8 Å². The largest absolute Gasteiger partial charge is 0.493 e. The van der Waals surface area contributed by atoms with Crippen molar-refractivity contribution in [2.45, 2.75) is 27.3 Å². The number of rotatable bonds is 7. The van der Waals surface area contributed by atoms with Crippen molar-refractivity contribution in [2.24, 2.45) is 0 Å². The van der Waals surface area contributed by atoms with Crippen LogP contribution < -0.4 is 10.1 Å². The molecular formula is C32H29NO3. The van der Waals surface area contributed by atoms with Crippen LogP contribution in [0.15, 0.2) is 95.6 Å². The maximum Gasteiger partial charge on any atom is 0.244 e. The summed E-state index contributed by atoms with van der Waals surface area (Å²) in [4.78, 5) is 12.8. The van der Waals surface area contributed by atoms with Gasteiger partial charge in [-0.1, -0.05) is 72.8 Å². The minimum Gasteiger partial charge on any atom is -0.493 e. The van der Waals surface area contributed by atoms with Gasteiger partial charge in [0.05, 0.1) is 12.9 Å². The molecule has 5 aromatic rings. The number of fused-ring (bicyclic) bond motifs is 2. The Kier molecular flexibility index (Phi) is 6.59. The predicted molar refractivity (Wildman–Crippen MR) is 147 cm³/mol. The van der Waals surface area contributed by atoms with E-state index in [0.29, 0.717) is 13.2 Å². The first-order valence-corrected chi connectivity index (χ1v) is 12.2. The van der Waals surface area contributed by atoms with Crippen LogP contribution in [0, 0.1) is 6.92 Å². The number of amides is 1. The van der Waals surface area contributed by atoms with Crippen LogP contribution in [-0.2, 0) is 11.3 Å². The Morgan fingerprint density at radius 1 is 0.944 bits per heavy atom. The zero-order chi connectivity index (χ0) is 25.1. The molecule has 4 heteroatoms. The van der Waals surface area contributed by atoms with E-state index in [4.69, 9.17) is 9.15 Å². The third-order valence-electron chi connectivity index (χ3n) is 6.49. The molecule has 0 aliphatic heterocycles. The van der Waals surface area contributed by atoms with E-state index in [1.54, 1.807) is 6.08 Å². The molecule has 4 nitrogen and oxygen atoms in total. The summed E-state index contributed by atoms with van der Waals surface area (Å²) in [6, 6.07) is 26.6. The van der Waals surface area contributed by atoms with Crippen LogP contribution in [0.5, 0.6) is 5.75 Å². The predicted octanol–water partition coefficient (Wildman–Crippen LogP) is 7.68. The van der Waals surface area contributed by atoms with Gasteiger partial charge in [-0.15, -0.1) is 0 Å². The highest BCUT2D eigenvalue weighted by Gasteiger charge is 2.20. The normalized spacial score (nSPS) is 11.7. The van der Waals surface area contributed by atoms with Gasteiger partial charge in [-0.25, -0.2) is 0 Å². The van der Waals surface area contributed by atoms with Gasteiger partial charge in [0.15, 0.2) is 0 Å². The number of ether oxygens (including phenoxy) is 1. The van der Waals surface area contributed by atoms with Crippen LogP contribution >= 0.6 is 0 Å². The van der Waals surface area contributed by atoms with Gasteiger partial charge in [0.1, 0.15) is 11.3 Å². The Morgan fingerprint density at radius 3 is 2.50 bits per heavy atom. The van der Waals surface area contributed by atoms with Crippen LogP contribution in [0.25, 0.3) is 38.4 Å². The van der Waals surface area contributed by atoms with Gasteiger partial charge in [0.2, 0.25) is 5.91 Å². The van der Waals surface area contributed by atoms with E-state index >= 15 is 0 Å². The number of hydrogen-bond donors (Lipinski definition) is 1. The number of carbonyl (C=O) groups is 1. The SMILES string of the molecule is CCOc1c(/C(C)=C/C(=O)NCc2ccccc2)cc2c(-c3cccc4ccccc34)coc2c1C. The van der Waals surface area contributed by atoms with Crippen LogP contribution in [0.3, 0.4) is 0 Å². The van der Waals surface area contributed by atoms with Gasteiger partial charge in [0.25, 0.3) is 0 Å². The highest BCUT2D eigenvalue weighted by Crippen LogP contribution is 2.42. The highest BCUT2D eigenvalue weighted by atomic mass is 16.5. The summed E-state index contributed by atoms with van der Waals surface area (Å²) in [7, 11) is 0. The van der Waals surface area contributed by atoms with E-state index in [2.05, 4.69) is 47.8 Å². The van der Waals surface area contributed by atoms with Crippen molar-refractivity contribution < 1.29 is 13.9 Å². The molecule has 1 amide bonds. The molecule has 36 heavy (non-hydrogen) atoms. The molecule has 0 saturated carbocycles. The maximum atomic E-state index is 12.8. The zero-order valence-corrected chi connectivity index (χ0v) is 20.8. The maximum absolute atomic E-state index is 12.8. The summed E-state index contributed by atoms with van der Waals surface area (Å²) >= 11 is 0. The Balaban J connectivity index is 1.58. The van der Waals surface area contributed by atoms with Gasteiger partial charge in [-0.3, -0.25) is 4.79 Å². The first-order chi connectivity index (χ1) is 17.6. The number of allylic oxidation sites excluding steroid dienone is 1. The fourth-order valence-electron chi connectivity index (χ4n) is 4.72. The van der Waals surface area contributed by atoms with Crippen LogP contribution in [0.2, 0.25) is 0 Å². The smallest absolute Gasteiger partial charge is 0.244 e. The van der Waals surface area contributed by atoms with Crippen molar-refractivity contribution in [2.75, 3.05) is 6.61 Å². The molecule has 0 spiro atoms. The number of benzene rings is 4. The van der Waals surface area contributed by atoms with E-state index in [1.807, 2.05) is 63.4 Å². The Labute approximate surface area is 211 Å². The number of furan rings is 1. The minimum absolute atomic E-state index is 0.141. The molecule has 0 saturated heterocycles. The number of carbonyl (C=O) groups excluding carboxylic acids is 1. The van der Waals surface area contributed by atoms with E-state index in [-0.39, 0.29) is 5.91 Å². The fraction of sp³-hybridized carbons (Fsp3) is 0.156. The van der Waals surface area contributed by atoms with Crippen molar-refractivity contribution in [3.05, 3.63) is 108 Å². The topological polar surface area (TPSA) is 51.5 Å². The number of nitrogens with one attached hydrogen (secondary N) is 1. The monoisotopic (exact) mass is 475 g/mol. The molecule has 1 N–H and O–H groups in total. The van der Waals surface area contributed by atoms with Crippen LogP contribution in [0.4, 0.5) is 0 Å². The van der Waals surface area contributed by atoms with E-state index in [9.17, 15) is 4.79 Å². The van der Waals surface area contributed by atoms with Crippen molar-refractivity contribution in [3.63, 3.8) is 0 Å². The third kappa shape index (κ3) is 4.50. The van der Waals surface area contributed by atoms with Crippen LogP contribution in [-0.4, -0.2) is 12.5 Å². The lowest BCUT2D eigenvalue weighted by molar-refractivity contribution is -0.116. The van der Waals surface area contributed by atoms with Gasteiger partial charge >= 0.3 is 0 Å². The van der Waals surface area contributed by atoms with Crippen molar-refractivity contribution in [1.82, 2.24) is 5.32 Å². The van der Waals surface area contributed by atoms with Gasteiger partial charge < -0.3 is 14.5 Å². The average molecular weight is 476 g/mol. The quantitative estimate of drug-likeness (QED) is 0.246. The lowest BCUT2D eigenvalue weighted by atomic mass is 9.94. The van der Waals surface area contributed by atoms with Crippen molar-refractivity contribution in [1.29, 1.82) is 0 Å². The summed E-state index contributed by atoms with van der Waals surface area (Å²) in [5.41, 5.74) is 6.64. The lowest BCUT2D eigenvalue weighted by Gasteiger charge is -2.15. The summed E-state index contributed by atoms with van der Waals surface area (Å²) in [5.74, 6) is 0.603. The molecule has 0 aliphatic carbocycles. The second-order valence-corrected chi connectivity index (χ2v) is 8.89. The zero-order valence-electron chi connectivity index (χ0n) is 20.8. The minimum atomic E-state index is -0.141. The van der Waals surface area contributed by atoms with Crippen molar-refractivity contribution in [3.8, 4) is 16.9 Å². The Hall–Kier alpha value is -4.31. The molecular weight excluding hydrogens is 446 g/mol. The van der Waals surface area contributed by atoms with Crippen LogP contribution in [0.1, 0.15) is 30.5 Å². The molecule has 0 radical (unpaired) electrons. The molecule has 180 valence electrons. The fourth-order valence-corrected chi connectivity index (χ4v) is 4.72. The van der Waals surface area contributed by atoms with Gasteiger partial charge in [0, 0.05) is 34.7 Å². The highest BCUT2D eigenvalue weighted by molar-refractivity contribution is 6.07. The molecule has 1 heterocycles. The Morgan fingerprint density at radius 2 is 1.69 bits per heavy atom. The van der Waals surface area contributed by atoms with Gasteiger partial charge in [-0.05, 0) is 54.3 Å². The molecule has 4 aromatic carbocycles. The number of aryl methyl sites for hydroxylation is 1. The molecule has 0 atom stereocenters.